The molecule has 2 N–H and O–H groups in total. The van der Waals surface area contributed by atoms with Gasteiger partial charge in [0.2, 0.25) is 15.9 Å². The maximum atomic E-state index is 13.5. The van der Waals surface area contributed by atoms with E-state index in [0.717, 1.165) is 4.31 Å². The SMILES string of the molecule is Cc1noc(-c2ccc(CN([C@H](CC(C)C)C(N)=O)S(=O)(=O)c3ccc(Cl)cc3)cc2)n1. The van der Waals surface area contributed by atoms with Crippen molar-refractivity contribution >= 4 is 27.5 Å². The zero-order valence-corrected chi connectivity index (χ0v) is 19.6. The van der Waals surface area contributed by atoms with Gasteiger partial charge < -0.3 is 10.3 Å². The topological polar surface area (TPSA) is 119 Å². The molecule has 0 radical (unpaired) electrons. The normalized spacial score (nSPS) is 12.9. The van der Waals surface area contributed by atoms with E-state index in [2.05, 4.69) is 10.1 Å². The monoisotopic (exact) mass is 476 g/mol. The fourth-order valence-corrected chi connectivity index (χ4v) is 4.99. The quantitative estimate of drug-likeness (QED) is 0.501. The smallest absolute Gasteiger partial charge is 0.257 e. The van der Waals surface area contributed by atoms with E-state index in [0.29, 0.717) is 34.3 Å². The highest BCUT2D eigenvalue weighted by molar-refractivity contribution is 7.89. The second-order valence-electron chi connectivity index (χ2n) is 7.90. The highest BCUT2D eigenvalue weighted by Gasteiger charge is 2.35. The van der Waals surface area contributed by atoms with Gasteiger partial charge in [-0.2, -0.15) is 9.29 Å². The summed E-state index contributed by atoms with van der Waals surface area (Å²) in [6.07, 6.45) is 0.293. The summed E-state index contributed by atoms with van der Waals surface area (Å²) in [4.78, 5) is 16.5. The third-order valence-corrected chi connectivity index (χ3v) is 6.98. The number of nitrogens with zero attached hydrogens (tertiary/aromatic N) is 3. The Balaban J connectivity index is 1.98. The average molecular weight is 477 g/mol. The number of benzene rings is 2. The van der Waals surface area contributed by atoms with Crippen LogP contribution in [0.2, 0.25) is 5.02 Å². The van der Waals surface area contributed by atoms with Gasteiger partial charge >= 0.3 is 0 Å². The Hall–Kier alpha value is -2.75. The number of hydrogen-bond donors (Lipinski definition) is 1. The molecule has 0 aliphatic carbocycles. The molecule has 1 amide bonds. The largest absolute Gasteiger partial charge is 0.368 e. The highest BCUT2D eigenvalue weighted by atomic mass is 35.5. The van der Waals surface area contributed by atoms with E-state index in [1.54, 1.807) is 31.2 Å². The standard InChI is InChI=1S/C22H25ClN4O4S/c1-14(2)12-20(21(24)28)27(32(29,30)19-10-8-18(23)9-11-19)13-16-4-6-17(7-5-16)22-25-15(3)26-31-22/h4-11,14,20H,12-13H2,1-3H3,(H2,24,28)/t20-/m1/s1. The van der Waals surface area contributed by atoms with Crippen LogP contribution in [0.1, 0.15) is 31.7 Å². The molecule has 3 rings (SSSR count). The predicted molar refractivity (Wildman–Crippen MR) is 121 cm³/mol. The second kappa shape index (κ2) is 9.81. The number of sulfonamides is 1. The first-order chi connectivity index (χ1) is 15.1. The number of nitrogens with two attached hydrogens (primary N) is 1. The summed E-state index contributed by atoms with van der Waals surface area (Å²) in [5.41, 5.74) is 7.03. The van der Waals surface area contributed by atoms with Crippen LogP contribution in [0.15, 0.2) is 57.9 Å². The van der Waals surface area contributed by atoms with Crippen molar-refractivity contribution in [1.82, 2.24) is 14.4 Å². The molecule has 0 spiro atoms. The van der Waals surface area contributed by atoms with Gasteiger partial charge in [-0.05, 0) is 61.2 Å². The molecule has 0 saturated heterocycles. The molecule has 0 aliphatic rings. The van der Waals surface area contributed by atoms with Crippen LogP contribution in [0.4, 0.5) is 0 Å². The number of primary amides is 1. The maximum Gasteiger partial charge on any atom is 0.257 e. The van der Waals surface area contributed by atoms with Crippen molar-refractivity contribution in [2.45, 2.75) is 44.7 Å². The highest BCUT2D eigenvalue weighted by Crippen LogP contribution is 2.26. The molecule has 0 aliphatic heterocycles. The Labute approximate surface area is 192 Å². The average Bonchev–Trinajstić information content (AvgIpc) is 3.17. The minimum atomic E-state index is -4.03. The lowest BCUT2D eigenvalue weighted by Crippen LogP contribution is -2.48. The molecule has 0 fully saturated rings. The summed E-state index contributed by atoms with van der Waals surface area (Å²) in [5.74, 6) is 0.240. The number of hydrogen-bond acceptors (Lipinski definition) is 6. The number of aromatic nitrogens is 2. The predicted octanol–water partition coefficient (Wildman–Crippen LogP) is 3.79. The molecular formula is C22H25ClN4O4S. The van der Waals surface area contributed by atoms with Gasteiger partial charge in [0.05, 0.1) is 4.90 Å². The number of halogens is 1. The number of aryl methyl sites for hydroxylation is 1. The van der Waals surface area contributed by atoms with Gasteiger partial charge in [0, 0.05) is 17.1 Å². The molecule has 170 valence electrons. The molecule has 10 heteroatoms. The molecule has 8 nitrogen and oxygen atoms in total. The molecule has 0 unspecified atom stereocenters. The first kappa shape index (κ1) is 23.9. The van der Waals surface area contributed by atoms with Crippen LogP contribution in [-0.2, 0) is 21.4 Å². The minimum Gasteiger partial charge on any atom is -0.368 e. The first-order valence-corrected chi connectivity index (χ1v) is 11.9. The summed E-state index contributed by atoms with van der Waals surface area (Å²) in [7, 11) is -4.03. The van der Waals surface area contributed by atoms with Crippen molar-refractivity contribution in [2.75, 3.05) is 0 Å². The lowest BCUT2D eigenvalue weighted by Gasteiger charge is -2.30. The van der Waals surface area contributed by atoms with Gasteiger partial charge in [-0.3, -0.25) is 4.79 Å². The lowest BCUT2D eigenvalue weighted by molar-refractivity contribution is -0.122. The molecule has 0 saturated carbocycles. The van der Waals surface area contributed by atoms with Gasteiger partial charge in [0.1, 0.15) is 6.04 Å². The number of amides is 1. The number of carbonyl (C=O) groups excluding carboxylic acids is 1. The van der Waals surface area contributed by atoms with E-state index >= 15 is 0 Å². The molecule has 2 aromatic carbocycles. The van der Waals surface area contributed by atoms with E-state index in [-0.39, 0.29) is 17.4 Å². The van der Waals surface area contributed by atoms with Crippen LogP contribution in [0.5, 0.6) is 0 Å². The van der Waals surface area contributed by atoms with Crippen molar-refractivity contribution in [2.24, 2.45) is 11.7 Å². The Morgan fingerprint density at radius 1 is 1.12 bits per heavy atom. The van der Waals surface area contributed by atoms with Crippen molar-refractivity contribution in [3.63, 3.8) is 0 Å². The van der Waals surface area contributed by atoms with Gasteiger partial charge in [0.25, 0.3) is 5.89 Å². The first-order valence-electron chi connectivity index (χ1n) is 10.0. The number of rotatable bonds is 9. The van der Waals surface area contributed by atoms with Crippen LogP contribution in [-0.4, -0.2) is 34.8 Å². The minimum absolute atomic E-state index is 0.0333. The van der Waals surface area contributed by atoms with Crippen molar-refractivity contribution in [3.8, 4) is 11.5 Å². The van der Waals surface area contributed by atoms with E-state index in [1.807, 2.05) is 13.8 Å². The maximum absolute atomic E-state index is 13.5. The molecule has 3 aromatic rings. The third kappa shape index (κ3) is 5.53. The molecule has 1 atom stereocenters. The lowest BCUT2D eigenvalue weighted by atomic mass is 10.0. The van der Waals surface area contributed by atoms with E-state index in [1.165, 1.54) is 24.3 Å². The van der Waals surface area contributed by atoms with E-state index < -0.39 is 22.0 Å². The summed E-state index contributed by atoms with van der Waals surface area (Å²) in [5, 5.41) is 4.18. The van der Waals surface area contributed by atoms with Gasteiger partial charge in [-0.15, -0.1) is 0 Å². The zero-order valence-electron chi connectivity index (χ0n) is 18.0. The Morgan fingerprint density at radius 3 is 2.25 bits per heavy atom. The third-order valence-electron chi connectivity index (χ3n) is 4.86. The summed E-state index contributed by atoms with van der Waals surface area (Å²) in [6.45, 7) is 5.50. The van der Waals surface area contributed by atoms with Crippen LogP contribution in [0.25, 0.3) is 11.5 Å². The fourth-order valence-electron chi connectivity index (χ4n) is 3.27. The summed E-state index contributed by atoms with van der Waals surface area (Å²) >= 11 is 5.92. The van der Waals surface area contributed by atoms with E-state index in [4.69, 9.17) is 21.9 Å². The van der Waals surface area contributed by atoms with Gasteiger partial charge in [-0.1, -0.05) is 42.7 Å². The van der Waals surface area contributed by atoms with Crippen LogP contribution in [0, 0.1) is 12.8 Å². The zero-order chi connectivity index (χ0) is 23.5. The van der Waals surface area contributed by atoms with Crippen LogP contribution < -0.4 is 5.73 Å². The Morgan fingerprint density at radius 2 is 1.75 bits per heavy atom. The van der Waals surface area contributed by atoms with Gasteiger partial charge in [0.15, 0.2) is 5.82 Å². The summed E-state index contributed by atoms with van der Waals surface area (Å²) in [6, 6.07) is 11.9. The molecule has 1 heterocycles. The Kier molecular flexibility index (Phi) is 7.33. The van der Waals surface area contributed by atoms with Crippen molar-refractivity contribution in [3.05, 3.63) is 64.9 Å². The van der Waals surface area contributed by atoms with Gasteiger partial charge in [-0.25, -0.2) is 8.42 Å². The van der Waals surface area contributed by atoms with Crippen molar-refractivity contribution in [1.29, 1.82) is 0 Å². The van der Waals surface area contributed by atoms with E-state index in [9.17, 15) is 13.2 Å². The summed E-state index contributed by atoms with van der Waals surface area (Å²) < 4.78 is 33.3. The molecule has 0 bridgehead atoms. The molecule has 1 aromatic heterocycles. The molecule has 32 heavy (non-hydrogen) atoms. The van der Waals surface area contributed by atoms with Crippen LogP contribution >= 0.6 is 11.6 Å². The fraction of sp³-hybridized carbons (Fsp3) is 0.318. The van der Waals surface area contributed by atoms with Crippen LogP contribution in [0.3, 0.4) is 0 Å². The van der Waals surface area contributed by atoms with Crippen molar-refractivity contribution < 1.29 is 17.7 Å². The number of carbonyl (C=O) groups is 1. The molecular weight excluding hydrogens is 452 g/mol. The second-order valence-corrected chi connectivity index (χ2v) is 10.2. The Bertz CT molecular complexity index is 1180.